The third-order valence-corrected chi connectivity index (χ3v) is 4.02. The van der Waals surface area contributed by atoms with Crippen molar-refractivity contribution < 1.29 is 28.9 Å². The maximum absolute atomic E-state index is 12.9. The van der Waals surface area contributed by atoms with E-state index in [1.54, 1.807) is 4.90 Å². The Morgan fingerprint density at radius 1 is 1.25 bits per heavy atom. The first kappa shape index (κ1) is 17.9. The highest BCUT2D eigenvalue weighted by Crippen LogP contribution is 2.35. The van der Waals surface area contributed by atoms with Gasteiger partial charge in [-0.3, -0.25) is 10.1 Å². The SMILES string of the molecule is COC(=O)Nc1cc(OC)c(OC)cc1C(=O)N1CCCC1CO. The molecule has 1 heterocycles. The molecule has 0 bridgehead atoms. The molecule has 1 aliphatic heterocycles. The fourth-order valence-electron chi connectivity index (χ4n) is 2.77. The number of hydrogen-bond donors (Lipinski definition) is 2. The van der Waals surface area contributed by atoms with Crippen LogP contribution in [0.25, 0.3) is 0 Å². The van der Waals surface area contributed by atoms with E-state index in [-0.39, 0.29) is 29.8 Å². The second-order valence-corrected chi connectivity index (χ2v) is 5.35. The minimum atomic E-state index is -0.698. The largest absolute Gasteiger partial charge is 0.493 e. The van der Waals surface area contributed by atoms with Gasteiger partial charge in [-0.25, -0.2) is 4.79 Å². The van der Waals surface area contributed by atoms with Crippen molar-refractivity contribution in [2.24, 2.45) is 0 Å². The van der Waals surface area contributed by atoms with Gasteiger partial charge < -0.3 is 24.2 Å². The first-order valence-electron chi connectivity index (χ1n) is 7.58. The summed E-state index contributed by atoms with van der Waals surface area (Å²) in [6, 6.07) is 2.79. The van der Waals surface area contributed by atoms with Gasteiger partial charge in [0.05, 0.1) is 45.2 Å². The average molecular weight is 338 g/mol. The van der Waals surface area contributed by atoms with Crippen molar-refractivity contribution in [1.82, 2.24) is 4.90 Å². The Morgan fingerprint density at radius 2 is 1.92 bits per heavy atom. The zero-order valence-corrected chi connectivity index (χ0v) is 14.0. The van der Waals surface area contributed by atoms with Crippen molar-refractivity contribution >= 4 is 17.7 Å². The van der Waals surface area contributed by atoms with Crippen LogP contribution in [-0.4, -0.2) is 62.5 Å². The molecular weight excluding hydrogens is 316 g/mol. The Kier molecular flexibility index (Phi) is 5.86. The fourth-order valence-corrected chi connectivity index (χ4v) is 2.77. The second kappa shape index (κ2) is 7.87. The molecule has 2 rings (SSSR count). The smallest absolute Gasteiger partial charge is 0.411 e. The van der Waals surface area contributed by atoms with Crippen molar-refractivity contribution in [2.75, 3.05) is 39.8 Å². The summed E-state index contributed by atoms with van der Waals surface area (Å²) in [5.74, 6) is 0.454. The van der Waals surface area contributed by atoms with E-state index in [1.165, 1.54) is 33.5 Å². The van der Waals surface area contributed by atoms with Gasteiger partial charge in [0.1, 0.15) is 0 Å². The number of nitrogens with zero attached hydrogens (tertiary/aromatic N) is 1. The van der Waals surface area contributed by atoms with Gasteiger partial charge in [-0.05, 0) is 18.9 Å². The quantitative estimate of drug-likeness (QED) is 0.844. The number of carbonyl (C=O) groups excluding carboxylic acids is 2. The van der Waals surface area contributed by atoms with Crippen LogP contribution in [0, 0.1) is 0 Å². The second-order valence-electron chi connectivity index (χ2n) is 5.35. The van der Waals surface area contributed by atoms with Crippen LogP contribution in [0.1, 0.15) is 23.2 Å². The third-order valence-electron chi connectivity index (χ3n) is 4.02. The normalized spacial score (nSPS) is 16.7. The van der Waals surface area contributed by atoms with Crippen molar-refractivity contribution in [3.8, 4) is 11.5 Å². The van der Waals surface area contributed by atoms with Crippen LogP contribution in [0.5, 0.6) is 11.5 Å². The summed E-state index contributed by atoms with van der Waals surface area (Å²) in [5.41, 5.74) is 0.506. The van der Waals surface area contributed by atoms with E-state index in [4.69, 9.17) is 9.47 Å². The summed E-state index contributed by atoms with van der Waals surface area (Å²) in [4.78, 5) is 26.1. The molecule has 0 radical (unpaired) electrons. The number of methoxy groups -OCH3 is 3. The molecule has 0 spiro atoms. The van der Waals surface area contributed by atoms with E-state index in [1.807, 2.05) is 0 Å². The lowest BCUT2D eigenvalue weighted by Crippen LogP contribution is -2.38. The number of likely N-dealkylation sites (tertiary alicyclic amines) is 1. The zero-order valence-electron chi connectivity index (χ0n) is 14.0. The molecule has 1 unspecified atom stereocenters. The number of benzene rings is 1. The number of anilines is 1. The van der Waals surface area contributed by atoms with Gasteiger partial charge in [-0.15, -0.1) is 0 Å². The molecule has 1 aromatic rings. The number of aliphatic hydroxyl groups is 1. The maximum Gasteiger partial charge on any atom is 0.411 e. The molecule has 1 saturated heterocycles. The van der Waals surface area contributed by atoms with Crippen LogP contribution in [0.15, 0.2) is 12.1 Å². The van der Waals surface area contributed by atoms with Crippen molar-refractivity contribution in [1.29, 1.82) is 0 Å². The lowest BCUT2D eigenvalue weighted by atomic mass is 10.1. The fraction of sp³-hybridized carbons (Fsp3) is 0.500. The summed E-state index contributed by atoms with van der Waals surface area (Å²) in [7, 11) is 4.16. The highest BCUT2D eigenvalue weighted by Gasteiger charge is 2.31. The number of hydrogen-bond acceptors (Lipinski definition) is 6. The predicted molar refractivity (Wildman–Crippen MR) is 86.7 cm³/mol. The van der Waals surface area contributed by atoms with E-state index in [0.717, 1.165) is 12.8 Å². The molecule has 0 aliphatic carbocycles. The summed E-state index contributed by atoms with van der Waals surface area (Å²) < 4.78 is 15.1. The van der Waals surface area contributed by atoms with Gasteiger partial charge in [-0.2, -0.15) is 0 Å². The Morgan fingerprint density at radius 3 is 2.50 bits per heavy atom. The average Bonchev–Trinajstić information content (AvgIpc) is 3.09. The molecule has 24 heavy (non-hydrogen) atoms. The molecule has 1 atom stereocenters. The van der Waals surface area contributed by atoms with E-state index >= 15 is 0 Å². The first-order chi connectivity index (χ1) is 11.5. The molecule has 1 fully saturated rings. The lowest BCUT2D eigenvalue weighted by Gasteiger charge is -2.25. The monoisotopic (exact) mass is 338 g/mol. The molecule has 2 amide bonds. The summed E-state index contributed by atoms with van der Waals surface area (Å²) in [5, 5.41) is 12.0. The van der Waals surface area contributed by atoms with Gasteiger partial charge in [-0.1, -0.05) is 0 Å². The molecule has 0 saturated carbocycles. The zero-order chi connectivity index (χ0) is 17.7. The topological polar surface area (TPSA) is 97.3 Å². The predicted octanol–water partition coefficient (Wildman–Crippen LogP) is 1.48. The van der Waals surface area contributed by atoms with Gasteiger partial charge in [0.2, 0.25) is 0 Å². The number of nitrogens with one attached hydrogen (secondary N) is 1. The number of carbonyl (C=O) groups is 2. The molecule has 132 valence electrons. The summed E-state index contributed by atoms with van der Waals surface area (Å²) in [6.07, 6.45) is 0.871. The molecular formula is C16H22N2O6. The Hall–Kier alpha value is -2.48. The van der Waals surface area contributed by atoms with Crippen LogP contribution in [0.4, 0.5) is 10.5 Å². The number of rotatable bonds is 5. The van der Waals surface area contributed by atoms with Crippen LogP contribution in [0.3, 0.4) is 0 Å². The van der Waals surface area contributed by atoms with Crippen molar-refractivity contribution in [2.45, 2.75) is 18.9 Å². The molecule has 8 nitrogen and oxygen atoms in total. The molecule has 0 aromatic heterocycles. The number of aliphatic hydroxyl groups excluding tert-OH is 1. The first-order valence-corrected chi connectivity index (χ1v) is 7.58. The van der Waals surface area contributed by atoms with Crippen molar-refractivity contribution in [3.63, 3.8) is 0 Å². The molecule has 8 heteroatoms. The standard InChI is InChI=1S/C16H22N2O6/c1-22-13-7-11(15(20)18-6-4-5-10(18)9-19)12(8-14(13)23-2)17-16(21)24-3/h7-8,10,19H,4-6,9H2,1-3H3,(H,17,21). The highest BCUT2D eigenvalue weighted by atomic mass is 16.5. The minimum absolute atomic E-state index is 0.0984. The van der Waals surface area contributed by atoms with Crippen LogP contribution >= 0.6 is 0 Å². The third kappa shape index (κ3) is 3.53. The van der Waals surface area contributed by atoms with Gasteiger partial charge >= 0.3 is 6.09 Å². The van der Waals surface area contributed by atoms with Crippen LogP contribution in [-0.2, 0) is 4.74 Å². The Bertz CT molecular complexity index is 619. The minimum Gasteiger partial charge on any atom is -0.493 e. The Balaban J connectivity index is 2.44. The van der Waals surface area contributed by atoms with Gasteiger partial charge in [0, 0.05) is 12.6 Å². The van der Waals surface area contributed by atoms with Crippen molar-refractivity contribution in [3.05, 3.63) is 17.7 Å². The van der Waals surface area contributed by atoms with E-state index in [2.05, 4.69) is 10.1 Å². The molecule has 1 aliphatic rings. The Labute approximate surface area is 140 Å². The molecule has 1 aromatic carbocycles. The van der Waals surface area contributed by atoms with Gasteiger partial charge in [0.25, 0.3) is 5.91 Å². The van der Waals surface area contributed by atoms with E-state index < -0.39 is 6.09 Å². The maximum atomic E-state index is 12.9. The van der Waals surface area contributed by atoms with E-state index in [0.29, 0.717) is 18.0 Å². The molecule has 2 N–H and O–H groups in total. The lowest BCUT2D eigenvalue weighted by molar-refractivity contribution is 0.0678. The summed E-state index contributed by atoms with van der Waals surface area (Å²) in [6.45, 7) is 0.453. The van der Waals surface area contributed by atoms with Gasteiger partial charge in [0.15, 0.2) is 11.5 Å². The highest BCUT2D eigenvalue weighted by molar-refractivity contribution is 6.03. The van der Waals surface area contributed by atoms with E-state index in [9.17, 15) is 14.7 Å². The summed E-state index contributed by atoms with van der Waals surface area (Å²) >= 11 is 0. The van der Waals surface area contributed by atoms with Crippen LogP contribution < -0.4 is 14.8 Å². The number of amides is 2. The van der Waals surface area contributed by atoms with Crippen LogP contribution in [0.2, 0.25) is 0 Å². The number of ether oxygens (including phenoxy) is 3.